The van der Waals surface area contributed by atoms with Gasteiger partial charge < -0.3 is 10.5 Å². The molecule has 0 heterocycles. The van der Waals surface area contributed by atoms with Crippen LogP contribution in [0.1, 0.15) is 25.3 Å². The van der Waals surface area contributed by atoms with Crippen molar-refractivity contribution in [2.75, 3.05) is 0 Å². The number of hydrogen-bond acceptors (Lipinski definition) is 4. The normalized spacial score (nSPS) is 11.9. The zero-order valence-electron chi connectivity index (χ0n) is 9.89. The van der Waals surface area contributed by atoms with Gasteiger partial charge in [-0.2, -0.15) is 0 Å². The van der Waals surface area contributed by atoms with Crippen LogP contribution < -0.4 is 5.73 Å². The SMILES string of the molecule is CCC(N)CC(=O)C(=O)OCc1ccccc1. The molecule has 0 aromatic heterocycles. The molecule has 0 fully saturated rings. The summed E-state index contributed by atoms with van der Waals surface area (Å²) in [6.07, 6.45) is 0.710. The Kier molecular flexibility index (Phi) is 5.36. The molecule has 2 N–H and O–H groups in total. The van der Waals surface area contributed by atoms with Crippen molar-refractivity contribution in [2.24, 2.45) is 5.73 Å². The van der Waals surface area contributed by atoms with Gasteiger partial charge in [0, 0.05) is 12.5 Å². The summed E-state index contributed by atoms with van der Waals surface area (Å²) in [6.45, 7) is 1.99. The second-order valence-electron chi connectivity index (χ2n) is 3.86. The van der Waals surface area contributed by atoms with Crippen LogP contribution in [0.5, 0.6) is 0 Å². The van der Waals surface area contributed by atoms with Crippen LogP contribution in [0.25, 0.3) is 0 Å². The molecule has 0 aliphatic heterocycles. The number of hydrogen-bond donors (Lipinski definition) is 1. The van der Waals surface area contributed by atoms with Gasteiger partial charge in [0.1, 0.15) is 6.61 Å². The molecule has 0 aliphatic rings. The average molecular weight is 235 g/mol. The number of ether oxygens (including phenoxy) is 1. The minimum absolute atomic E-state index is 0.0458. The quantitative estimate of drug-likeness (QED) is 0.598. The van der Waals surface area contributed by atoms with Gasteiger partial charge in [-0.25, -0.2) is 4.79 Å². The first kappa shape index (κ1) is 13.4. The Balaban J connectivity index is 2.37. The van der Waals surface area contributed by atoms with E-state index in [-0.39, 0.29) is 19.1 Å². The lowest BCUT2D eigenvalue weighted by atomic mass is 10.1. The maximum absolute atomic E-state index is 11.4. The van der Waals surface area contributed by atoms with Crippen molar-refractivity contribution in [2.45, 2.75) is 32.4 Å². The monoisotopic (exact) mass is 235 g/mol. The van der Waals surface area contributed by atoms with E-state index >= 15 is 0 Å². The highest BCUT2D eigenvalue weighted by molar-refractivity contribution is 6.33. The van der Waals surface area contributed by atoms with Crippen LogP contribution in [0, 0.1) is 0 Å². The smallest absolute Gasteiger partial charge is 0.374 e. The molecule has 0 bridgehead atoms. The van der Waals surface area contributed by atoms with E-state index in [4.69, 9.17) is 10.5 Å². The number of ketones is 1. The summed E-state index contributed by atoms with van der Waals surface area (Å²) < 4.78 is 4.89. The van der Waals surface area contributed by atoms with E-state index in [0.29, 0.717) is 6.42 Å². The number of benzene rings is 1. The highest BCUT2D eigenvalue weighted by Crippen LogP contribution is 2.02. The Labute approximate surface area is 101 Å². The molecule has 1 aromatic rings. The largest absolute Gasteiger partial charge is 0.455 e. The van der Waals surface area contributed by atoms with Gasteiger partial charge in [-0.1, -0.05) is 37.3 Å². The molecule has 0 saturated carbocycles. The third-order valence-electron chi connectivity index (χ3n) is 2.41. The topological polar surface area (TPSA) is 69.4 Å². The predicted octanol–water partition coefficient (Wildman–Crippen LogP) is 1.43. The summed E-state index contributed by atoms with van der Waals surface area (Å²) in [5.41, 5.74) is 6.45. The Morgan fingerprint density at radius 2 is 1.94 bits per heavy atom. The van der Waals surface area contributed by atoms with Crippen molar-refractivity contribution < 1.29 is 14.3 Å². The third kappa shape index (κ3) is 4.78. The fourth-order valence-electron chi connectivity index (χ4n) is 1.27. The van der Waals surface area contributed by atoms with E-state index in [0.717, 1.165) is 5.56 Å². The summed E-state index contributed by atoms with van der Waals surface area (Å²) in [4.78, 5) is 22.7. The lowest BCUT2D eigenvalue weighted by Crippen LogP contribution is -2.27. The fourth-order valence-corrected chi connectivity index (χ4v) is 1.27. The summed E-state index contributed by atoms with van der Waals surface area (Å²) >= 11 is 0. The molecule has 0 spiro atoms. The number of nitrogens with two attached hydrogens (primary N) is 1. The van der Waals surface area contributed by atoms with E-state index in [1.54, 1.807) is 0 Å². The number of carbonyl (C=O) groups excluding carboxylic acids is 2. The zero-order valence-corrected chi connectivity index (χ0v) is 9.89. The van der Waals surface area contributed by atoms with Gasteiger partial charge in [0.05, 0.1) is 0 Å². The van der Waals surface area contributed by atoms with Crippen LogP contribution in [0.3, 0.4) is 0 Å². The molecule has 17 heavy (non-hydrogen) atoms. The van der Waals surface area contributed by atoms with E-state index in [1.165, 1.54) is 0 Å². The molecule has 92 valence electrons. The van der Waals surface area contributed by atoms with Crippen LogP contribution in [0.4, 0.5) is 0 Å². The molecule has 0 radical (unpaired) electrons. The predicted molar refractivity (Wildman–Crippen MR) is 64.1 cm³/mol. The first-order valence-corrected chi connectivity index (χ1v) is 5.63. The van der Waals surface area contributed by atoms with Crippen molar-refractivity contribution in [3.8, 4) is 0 Å². The molecule has 0 amide bonds. The summed E-state index contributed by atoms with van der Waals surface area (Å²) in [6, 6.07) is 8.95. The Morgan fingerprint density at radius 1 is 1.29 bits per heavy atom. The molecule has 1 aromatic carbocycles. The van der Waals surface area contributed by atoms with E-state index in [2.05, 4.69) is 0 Å². The van der Waals surface area contributed by atoms with Crippen LogP contribution >= 0.6 is 0 Å². The van der Waals surface area contributed by atoms with Crippen molar-refractivity contribution in [3.63, 3.8) is 0 Å². The first-order valence-electron chi connectivity index (χ1n) is 5.63. The molecule has 1 atom stereocenters. The summed E-state index contributed by atoms with van der Waals surface area (Å²) in [5.74, 6) is -1.37. The maximum atomic E-state index is 11.4. The Bertz CT molecular complexity index is 376. The van der Waals surface area contributed by atoms with Gasteiger partial charge >= 0.3 is 5.97 Å². The van der Waals surface area contributed by atoms with Gasteiger partial charge in [0.2, 0.25) is 5.78 Å². The van der Waals surface area contributed by atoms with Gasteiger partial charge in [0.25, 0.3) is 0 Å². The van der Waals surface area contributed by atoms with Crippen LogP contribution in [0.15, 0.2) is 30.3 Å². The number of Topliss-reactive ketones (excluding diaryl/α,β-unsaturated/α-hetero) is 1. The van der Waals surface area contributed by atoms with Crippen molar-refractivity contribution in [1.82, 2.24) is 0 Å². The van der Waals surface area contributed by atoms with Crippen molar-refractivity contribution in [3.05, 3.63) is 35.9 Å². The highest BCUT2D eigenvalue weighted by Gasteiger charge is 2.17. The zero-order chi connectivity index (χ0) is 12.7. The van der Waals surface area contributed by atoms with Crippen molar-refractivity contribution >= 4 is 11.8 Å². The third-order valence-corrected chi connectivity index (χ3v) is 2.41. The van der Waals surface area contributed by atoms with Crippen molar-refractivity contribution in [1.29, 1.82) is 0 Å². The van der Waals surface area contributed by atoms with Gasteiger partial charge in [0.15, 0.2) is 0 Å². The average Bonchev–Trinajstić information content (AvgIpc) is 2.36. The molecular formula is C13H17NO3. The first-order chi connectivity index (χ1) is 8.13. The lowest BCUT2D eigenvalue weighted by Gasteiger charge is -2.07. The minimum atomic E-state index is -0.808. The Morgan fingerprint density at radius 3 is 2.53 bits per heavy atom. The molecular weight excluding hydrogens is 218 g/mol. The summed E-state index contributed by atoms with van der Waals surface area (Å²) in [5, 5.41) is 0. The van der Waals surface area contributed by atoms with Crippen LogP contribution in [-0.2, 0) is 20.9 Å². The fraction of sp³-hybridized carbons (Fsp3) is 0.385. The highest BCUT2D eigenvalue weighted by atomic mass is 16.5. The van der Waals surface area contributed by atoms with Crippen LogP contribution in [0.2, 0.25) is 0 Å². The lowest BCUT2D eigenvalue weighted by molar-refractivity contribution is -0.155. The molecule has 0 aliphatic carbocycles. The summed E-state index contributed by atoms with van der Waals surface area (Å²) in [7, 11) is 0. The molecule has 1 rings (SSSR count). The van der Waals surface area contributed by atoms with Crippen LogP contribution in [-0.4, -0.2) is 17.8 Å². The van der Waals surface area contributed by atoms with Gasteiger partial charge in [-0.3, -0.25) is 4.79 Å². The van der Waals surface area contributed by atoms with Gasteiger partial charge in [-0.05, 0) is 12.0 Å². The number of carbonyl (C=O) groups is 2. The maximum Gasteiger partial charge on any atom is 0.374 e. The second-order valence-corrected chi connectivity index (χ2v) is 3.86. The number of rotatable bonds is 6. The molecule has 0 saturated heterocycles. The minimum Gasteiger partial charge on any atom is -0.455 e. The molecule has 4 nitrogen and oxygen atoms in total. The molecule has 4 heteroatoms. The van der Waals surface area contributed by atoms with E-state index in [9.17, 15) is 9.59 Å². The number of esters is 1. The molecule has 1 unspecified atom stereocenters. The standard InChI is InChI=1S/C13H17NO3/c1-2-11(14)8-12(15)13(16)17-9-10-6-4-3-5-7-10/h3-7,11H,2,8-9,14H2,1H3. The van der Waals surface area contributed by atoms with E-state index < -0.39 is 11.8 Å². The second kappa shape index (κ2) is 6.81. The Hall–Kier alpha value is -1.68. The van der Waals surface area contributed by atoms with Gasteiger partial charge in [-0.15, -0.1) is 0 Å². The van der Waals surface area contributed by atoms with E-state index in [1.807, 2.05) is 37.3 Å².